The van der Waals surface area contributed by atoms with Crippen LogP contribution < -0.4 is 5.73 Å². The van der Waals surface area contributed by atoms with E-state index in [9.17, 15) is 4.79 Å². The van der Waals surface area contributed by atoms with Crippen molar-refractivity contribution in [3.05, 3.63) is 0 Å². The van der Waals surface area contributed by atoms with Gasteiger partial charge in [0.25, 0.3) is 0 Å². The van der Waals surface area contributed by atoms with Gasteiger partial charge >= 0.3 is 5.97 Å². The average Bonchev–Trinajstić information content (AvgIpc) is 2.03. The summed E-state index contributed by atoms with van der Waals surface area (Å²) < 4.78 is 5.22. The molecule has 2 N–H and O–H groups in total. The van der Waals surface area contributed by atoms with Crippen molar-refractivity contribution in [2.24, 2.45) is 11.7 Å². The first-order chi connectivity index (χ1) is 6.31. The Balaban J connectivity index is 4.24. The molecule has 0 aliphatic rings. The lowest BCUT2D eigenvalue weighted by molar-refractivity contribution is -0.158. The second kappa shape index (κ2) is 5.35. The largest absolute Gasteiger partial charge is 0.459 e. The van der Waals surface area contributed by atoms with E-state index in [4.69, 9.17) is 10.5 Å². The first-order valence-electron chi connectivity index (χ1n) is 5.30. The molecule has 0 aliphatic heterocycles. The molecule has 0 rings (SSSR count). The summed E-state index contributed by atoms with van der Waals surface area (Å²) >= 11 is 0. The molecule has 3 heteroatoms. The highest BCUT2D eigenvalue weighted by atomic mass is 16.6. The van der Waals surface area contributed by atoms with Crippen LogP contribution in [0.2, 0.25) is 0 Å². The van der Waals surface area contributed by atoms with Crippen molar-refractivity contribution in [1.82, 2.24) is 0 Å². The highest BCUT2D eigenvalue weighted by Gasteiger charge is 2.26. The van der Waals surface area contributed by atoms with Crippen molar-refractivity contribution in [3.8, 4) is 0 Å². The molecule has 0 aliphatic carbocycles. The van der Waals surface area contributed by atoms with E-state index >= 15 is 0 Å². The molecule has 0 aromatic rings. The zero-order chi connectivity index (χ0) is 11.4. The molecule has 0 aromatic carbocycles. The third-order valence-corrected chi connectivity index (χ3v) is 2.24. The first kappa shape index (κ1) is 13.4. The van der Waals surface area contributed by atoms with Gasteiger partial charge in [0.05, 0.1) is 0 Å². The maximum Gasteiger partial charge on any atom is 0.323 e. The molecule has 0 radical (unpaired) electrons. The van der Waals surface area contributed by atoms with Crippen molar-refractivity contribution in [2.75, 3.05) is 0 Å². The van der Waals surface area contributed by atoms with Gasteiger partial charge in [-0.3, -0.25) is 4.79 Å². The van der Waals surface area contributed by atoms with E-state index in [1.807, 2.05) is 34.6 Å². The summed E-state index contributed by atoms with van der Waals surface area (Å²) in [5.41, 5.74) is 5.37. The van der Waals surface area contributed by atoms with Gasteiger partial charge in [-0.1, -0.05) is 26.7 Å². The minimum Gasteiger partial charge on any atom is -0.459 e. The molecule has 0 heterocycles. The fourth-order valence-electron chi connectivity index (χ4n) is 1.36. The van der Waals surface area contributed by atoms with Crippen LogP contribution in [0.15, 0.2) is 0 Å². The number of carbonyl (C=O) groups excluding carboxylic acids is 1. The standard InChI is InChI=1S/C11H23NO2/c1-6-8(7-2)9(12)10(13)14-11(3,4)5/h8-9H,6-7,12H2,1-5H3. The van der Waals surface area contributed by atoms with Gasteiger partial charge in [-0.15, -0.1) is 0 Å². The number of ether oxygens (including phenoxy) is 1. The second-order valence-corrected chi connectivity index (χ2v) is 4.64. The maximum atomic E-state index is 11.6. The molecular formula is C11H23NO2. The van der Waals surface area contributed by atoms with E-state index in [0.717, 1.165) is 12.8 Å². The third kappa shape index (κ3) is 4.61. The minimum absolute atomic E-state index is 0.227. The van der Waals surface area contributed by atoms with Gasteiger partial charge < -0.3 is 10.5 Å². The van der Waals surface area contributed by atoms with E-state index in [1.54, 1.807) is 0 Å². The van der Waals surface area contributed by atoms with Crippen molar-refractivity contribution < 1.29 is 9.53 Å². The number of nitrogens with two attached hydrogens (primary N) is 1. The maximum absolute atomic E-state index is 11.6. The summed E-state index contributed by atoms with van der Waals surface area (Å²) in [5, 5.41) is 0. The SMILES string of the molecule is CCC(CC)C(N)C(=O)OC(C)(C)C. The molecule has 84 valence electrons. The van der Waals surface area contributed by atoms with E-state index < -0.39 is 11.6 Å². The fourth-order valence-corrected chi connectivity index (χ4v) is 1.36. The normalized spacial score (nSPS) is 14.2. The topological polar surface area (TPSA) is 52.3 Å². The van der Waals surface area contributed by atoms with Crippen LogP contribution in [0.4, 0.5) is 0 Å². The Bertz CT molecular complexity index is 180. The van der Waals surface area contributed by atoms with Crippen molar-refractivity contribution in [3.63, 3.8) is 0 Å². The van der Waals surface area contributed by atoms with Gasteiger partial charge in [-0.2, -0.15) is 0 Å². The van der Waals surface area contributed by atoms with Crippen LogP contribution in [-0.2, 0) is 9.53 Å². The van der Waals surface area contributed by atoms with Gasteiger partial charge in [0.1, 0.15) is 11.6 Å². The Morgan fingerprint density at radius 2 is 1.71 bits per heavy atom. The summed E-state index contributed by atoms with van der Waals surface area (Å²) in [6, 6.07) is -0.482. The lowest BCUT2D eigenvalue weighted by Crippen LogP contribution is -2.42. The fraction of sp³-hybridized carbons (Fsp3) is 0.909. The monoisotopic (exact) mass is 201 g/mol. The van der Waals surface area contributed by atoms with Crippen LogP contribution in [-0.4, -0.2) is 17.6 Å². The number of hydrogen-bond acceptors (Lipinski definition) is 3. The smallest absolute Gasteiger partial charge is 0.323 e. The van der Waals surface area contributed by atoms with Crippen LogP contribution in [0.25, 0.3) is 0 Å². The van der Waals surface area contributed by atoms with Gasteiger partial charge in [0, 0.05) is 0 Å². The van der Waals surface area contributed by atoms with E-state index in [2.05, 4.69) is 0 Å². The van der Waals surface area contributed by atoms with Crippen LogP contribution in [0.3, 0.4) is 0 Å². The predicted molar refractivity (Wildman–Crippen MR) is 57.9 cm³/mol. The van der Waals surface area contributed by atoms with E-state index in [0.29, 0.717) is 0 Å². The quantitative estimate of drug-likeness (QED) is 0.709. The number of carbonyl (C=O) groups is 1. The molecule has 1 atom stereocenters. The zero-order valence-corrected chi connectivity index (χ0v) is 9.96. The molecule has 0 spiro atoms. The van der Waals surface area contributed by atoms with Crippen LogP contribution in [0, 0.1) is 5.92 Å². The predicted octanol–water partition coefficient (Wildman–Crippen LogP) is 2.09. The first-order valence-corrected chi connectivity index (χ1v) is 5.30. The molecule has 1 unspecified atom stereocenters. The molecule has 0 aromatic heterocycles. The van der Waals surface area contributed by atoms with Crippen LogP contribution in [0.1, 0.15) is 47.5 Å². The summed E-state index contributed by atoms with van der Waals surface area (Å²) in [5.74, 6) is -0.0592. The number of esters is 1. The van der Waals surface area contributed by atoms with Crippen molar-refractivity contribution >= 4 is 5.97 Å². The molecule has 0 bridgehead atoms. The highest BCUT2D eigenvalue weighted by Crippen LogP contribution is 2.15. The Labute approximate surface area is 87.0 Å². The lowest BCUT2D eigenvalue weighted by Gasteiger charge is -2.25. The third-order valence-electron chi connectivity index (χ3n) is 2.24. The number of rotatable bonds is 4. The average molecular weight is 201 g/mol. The summed E-state index contributed by atoms with van der Waals surface area (Å²) in [4.78, 5) is 11.6. The Morgan fingerprint density at radius 1 is 1.29 bits per heavy atom. The van der Waals surface area contributed by atoms with Crippen LogP contribution >= 0.6 is 0 Å². The second-order valence-electron chi connectivity index (χ2n) is 4.64. The Hall–Kier alpha value is -0.570. The van der Waals surface area contributed by atoms with Gasteiger partial charge in [0.15, 0.2) is 0 Å². The lowest BCUT2D eigenvalue weighted by atomic mass is 9.95. The molecule has 0 saturated heterocycles. The van der Waals surface area contributed by atoms with Gasteiger partial charge in [-0.05, 0) is 26.7 Å². The van der Waals surface area contributed by atoms with Crippen molar-refractivity contribution in [1.29, 1.82) is 0 Å². The Kier molecular flexibility index (Phi) is 5.13. The molecule has 14 heavy (non-hydrogen) atoms. The Morgan fingerprint density at radius 3 is 2.00 bits per heavy atom. The van der Waals surface area contributed by atoms with Gasteiger partial charge in [0.2, 0.25) is 0 Å². The molecule has 3 nitrogen and oxygen atoms in total. The summed E-state index contributed by atoms with van der Waals surface area (Å²) in [7, 11) is 0. The van der Waals surface area contributed by atoms with E-state index in [1.165, 1.54) is 0 Å². The molecular weight excluding hydrogens is 178 g/mol. The summed E-state index contributed by atoms with van der Waals surface area (Å²) in [6.45, 7) is 9.64. The molecule has 0 saturated carbocycles. The molecule has 0 fully saturated rings. The van der Waals surface area contributed by atoms with E-state index in [-0.39, 0.29) is 11.9 Å². The highest BCUT2D eigenvalue weighted by molar-refractivity contribution is 5.76. The number of hydrogen-bond donors (Lipinski definition) is 1. The molecule has 0 amide bonds. The zero-order valence-electron chi connectivity index (χ0n) is 9.96. The van der Waals surface area contributed by atoms with Gasteiger partial charge in [-0.25, -0.2) is 0 Å². The van der Waals surface area contributed by atoms with Crippen molar-refractivity contribution in [2.45, 2.75) is 59.1 Å². The van der Waals surface area contributed by atoms with Crippen LogP contribution in [0.5, 0.6) is 0 Å². The minimum atomic E-state index is -0.482. The summed E-state index contributed by atoms with van der Waals surface area (Å²) in [6.07, 6.45) is 1.83.